The average Bonchev–Trinajstić information content (AvgIpc) is 3.11. The van der Waals surface area contributed by atoms with Gasteiger partial charge in [-0.25, -0.2) is 0 Å². The number of anilines is 1. The minimum atomic E-state index is -0.157. The molecule has 0 fully saturated rings. The van der Waals surface area contributed by atoms with Gasteiger partial charge in [-0.1, -0.05) is 59.7 Å². The van der Waals surface area contributed by atoms with Gasteiger partial charge < -0.3 is 15.2 Å². The van der Waals surface area contributed by atoms with Gasteiger partial charge in [-0.05, 0) is 48.2 Å². The van der Waals surface area contributed by atoms with Crippen molar-refractivity contribution >= 4 is 45.2 Å². The van der Waals surface area contributed by atoms with Gasteiger partial charge in [0.2, 0.25) is 5.91 Å². The van der Waals surface area contributed by atoms with Crippen molar-refractivity contribution in [2.45, 2.75) is 38.4 Å². The number of hydrogen-bond acceptors (Lipinski definition) is 5. The van der Waals surface area contributed by atoms with Gasteiger partial charge in [0.05, 0.1) is 12.3 Å². The predicted molar refractivity (Wildman–Crippen MR) is 131 cm³/mol. The van der Waals surface area contributed by atoms with E-state index in [0.717, 1.165) is 21.3 Å². The first-order chi connectivity index (χ1) is 15.3. The summed E-state index contributed by atoms with van der Waals surface area (Å²) in [5.41, 5.74) is 3.43. The van der Waals surface area contributed by atoms with E-state index >= 15 is 0 Å². The molecule has 168 valence electrons. The van der Waals surface area contributed by atoms with Gasteiger partial charge in [0.25, 0.3) is 5.91 Å². The highest BCUT2D eigenvalue weighted by Crippen LogP contribution is 2.28. The Morgan fingerprint density at radius 1 is 1.16 bits per heavy atom. The smallest absolute Gasteiger partial charge is 0.251 e. The molecule has 0 aliphatic rings. The van der Waals surface area contributed by atoms with Crippen molar-refractivity contribution in [1.29, 1.82) is 0 Å². The molecule has 9 heteroatoms. The maximum atomic E-state index is 12.5. The standard InChI is InChI=1S/C23H26BrN5O2S/c1-14(2)18-11-16(24)9-10-19(18)26-21(30)13-32-23-28-27-20(29(23)4)12-25-22(31)17-8-6-5-7-15(17)3/h5-11,14H,12-13H2,1-4H3,(H,25,31)(H,26,30). The quantitative estimate of drug-likeness (QED) is 0.425. The molecule has 32 heavy (non-hydrogen) atoms. The lowest BCUT2D eigenvalue weighted by Gasteiger charge is -2.14. The van der Waals surface area contributed by atoms with Gasteiger partial charge in [-0.2, -0.15) is 0 Å². The molecule has 0 aliphatic heterocycles. The van der Waals surface area contributed by atoms with Gasteiger partial charge in [-0.15, -0.1) is 10.2 Å². The van der Waals surface area contributed by atoms with E-state index in [1.807, 2.05) is 50.4 Å². The van der Waals surface area contributed by atoms with Crippen LogP contribution in [0.1, 0.15) is 47.1 Å². The molecule has 2 amide bonds. The highest BCUT2D eigenvalue weighted by Gasteiger charge is 2.15. The van der Waals surface area contributed by atoms with Crippen molar-refractivity contribution in [1.82, 2.24) is 20.1 Å². The SMILES string of the molecule is Cc1ccccc1C(=O)NCc1nnc(SCC(=O)Nc2ccc(Br)cc2C(C)C)n1C. The fraction of sp³-hybridized carbons (Fsp3) is 0.304. The molecule has 0 saturated carbocycles. The molecule has 0 bridgehead atoms. The van der Waals surface area contributed by atoms with Crippen LogP contribution >= 0.6 is 27.7 Å². The zero-order chi connectivity index (χ0) is 23.3. The van der Waals surface area contributed by atoms with E-state index in [4.69, 9.17) is 0 Å². The van der Waals surface area contributed by atoms with E-state index in [-0.39, 0.29) is 30.0 Å². The van der Waals surface area contributed by atoms with Crippen LogP contribution in [0, 0.1) is 6.92 Å². The van der Waals surface area contributed by atoms with E-state index in [1.165, 1.54) is 11.8 Å². The van der Waals surface area contributed by atoms with Crippen molar-refractivity contribution in [2.24, 2.45) is 7.05 Å². The number of aromatic nitrogens is 3. The third-order valence-electron chi connectivity index (χ3n) is 4.96. The number of hydrogen-bond donors (Lipinski definition) is 2. The second-order valence-electron chi connectivity index (χ2n) is 7.68. The fourth-order valence-corrected chi connectivity index (χ4v) is 4.26. The summed E-state index contributed by atoms with van der Waals surface area (Å²) >= 11 is 4.78. The number of aryl methyl sites for hydroxylation is 1. The summed E-state index contributed by atoms with van der Waals surface area (Å²) in [6.07, 6.45) is 0. The number of amides is 2. The number of carbonyl (C=O) groups is 2. The topological polar surface area (TPSA) is 88.9 Å². The highest BCUT2D eigenvalue weighted by atomic mass is 79.9. The molecule has 2 N–H and O–H groups in total. The Morgan fingerprint density at radius 3 is 2.62 bits per heavy atom. The van der Waals surface area contributed by atoms with Crippen LogP contribution in [-0.2, 0) is 18.4 Å². The van der Waals surface area contributed by atoms with E-state index in [9.17, 15) is 9.59 Å². The minimum Gasteiger partial charge on any atom is -0.345 e. The number of benzene rings is 2. The largest absolute Gasteiger partial charge is 0.345 e. The number of carbonyl (C=O) groups excluding carboxylic acids is 2. The van der Waals surface area contributed by atoms with Crippen molar-refractivity contribution in [3.05, 3.63) is 69.5 Å². The Hall–Kier alpha value is -2.65. The fourth-order valence-electron chi connectivity index (χ4n) is 3.15. The lowest BCUT2D eigenvalue weighted by molar-refractivity contribution is -0.113. The minimum absolute atomic E-state index is 0.114. The number of halogens is 1. The molecule has 0 atom stereocenters. The zero-order valence-corrected chi connectivity index (χ0v) is 20.9. The molecule has 7 nitrogen and oxygen atoms in total. The Bertz CT molecular complexity index is 1130. The summed E-state index contributed by atoms with van der Waals surface area (Å²) < 4.78 is 2.77. The Balaban J connectivity index is 1.56. The van der Waals surface area contributed by atoms with Gasteiger partial charge in [0.15, 0.2) is 11.0 Å². The summed E-state index contributed by atoms with van der Waals surface area (Å²) in [6.45, 7) is 6.33. The molecule has 0 spiro atoms. The first-order valence-corrected chi connectivity index (χ1v) is 12.0. The molecule has 0 aliphatic carbocycles. The molecule has 0 saturated heterocycles. The summed E-state index contributed by atoms with van der Waals surface area (Å²) in [5, 5.41) is 14.8. The van der Waals surface area contributed by atoms with Crippen LogP contribution in [0.3, 0.4) is 0 Å². The van der Waals surface area contributed by atoms with Crippen LogP contribution in [0.4, 0.5) is 5.69 Å². The van der Waals surface area contributed by atoms with Crippen molar-refractivity contribution in [3.63, 3.8) is 0 Å². The molecule has 3 aromatic rings. The summed E-state index contributed by atoms with van der Waals surface area (Å²) in [4.78, 5) is 24.9. The average molecular weight is 516 g/mol. The van der Waals surface area contributed by atoms with E-state index in [0.29, 0.717) is 16.5 Å². The van der Waals surface area contributed by atoms with Crippen LogP contribution in [-0.4, -0.2) is 32.3 Å². The van der Waals surface area contributed by atoms with Gasteiger partial charge >= 0.3 is 0 Å². The molecule has 3 rings (SSSR count). The third kappa shape index (κ3) is 5.98. The monoisotopic (exact) mass is 515 g/mol. The number of nitrogens with zero attached hydrogens (tertiary/aromatic N) is 3. The summed E-state index contributed by atoms with van der Waals surface area (Å²) in [5.74, 6) is 0.832. The zero-order valence-electron chi connectivity index (χ0n) is 18.5. The molecular weight excluding hydrogens is 490 g/mol. The Labute approximate surface area is 200 Å². The lowest BCUT2D eigenvalue weighted by atomic mass is 10.0. The third-order valence-corrected chi connectivity index (χ3v) is 6.48. The van der Waals surface area contributed by atoms with Crippen molar-refractivity contribution < 1.29 is 9.59 Å². The normalized spacial score (nSPS) is 10.9. The predicted octanol–water partition coefficient (Wildman–Crippen LogP) is 4.67. The van der Waals surface area contributed by atoms with Crippen LogP contribution in [0.2, 0.25) is 0 Å². The van der Waals surface area contributed by atoms with Crippen LogP contribution < -0.4 is 10.6 Å². The van der Waals surface area contributed by atoms with Crippen LogP contribution in [0.25, 0.3) is 0 Å². The van der Waals surface area contributed by atoms with Gasteiger partial charge in [0.1, 0.15) is 0 Å². The second kappa shape index (κ2) is 10.8. The highest BCUT2D eigenvalue weighted by molar-refractivity contribution is 9.10. The first kappa shape index (κ1) is 24.0. The molecule has 1 aromatic heterocycles. The van der Waals surface area contributed by atoms with Gasteiger partial charge in [-0.3, -0.25) is 9.59 Å². The Kier molecular flexibility index (Phi) is 8.09. The number of rotatable bonds is 8. The van der Waals surface area contributed by atoms with Crippen LogP contribution in [0.15, 0.2) is 52.1 Å². The van der Waals surface area contributed by atoms with Gasteiger partial charge in [0, 0.05) is 22.8 Å². The second-order valence-corrected chi connectivity index (χ2v) is 9.54. The molecule has 0 radical (unpaired) electrons. The molecule has 0 unspecified atom stereocenters. The molecular formula is C23H26BrN5O2S. The summed E-state index contributed by atoms with van der Waals surface area (Å²) in [7, 11) is 1.82. The lowest BCUT2D eigenvalue weighted by Crippen LogP contribution is -2.25. The first-order valence-electron chi connectivity index (χ1n) is 10.2. The van der Waals surface area contributed by atoms with E-state index in [2.05, 4.69) is 50.6 Å². The maximum Gasteiger partial charge on any atom is 0.251 e. The Morgan fingerprint density at radius 2 is 1.91 bits per heavy atom. The van der Waals surface area contributed by atoms with Crippen LogP contribution in [0.5, 0.6) is 0 Å². The van der Waals surface area contributed by atoms with Crippen molar-refractivity contribution in [3.8, 4) is 0 Å². The molecule has 2 aromatic carbocycles. The number of thioether (sulfide) groups is 1. The maximum absolute atomic E-state index is 12.5. The van der Waals surface area contributed by atoms with E-state index < -0.39 is 0 Å². The molecule has 1 heterocycles. The summed E-state index contributed by atoms with van der Waals surface area (Å²) in [6, 6.07) is 13.3. The number of nitrogens with one attached hydrogen (secondary N) is 2. The van der Waals surface area contributed by atoms with E-state index in [1.54, 1.807) is 10.6 Å². The van der Waals surface area contributed by atoms with Crippen molar-refractivity contribution in [2.75, 3.05) is 11.1 Å².